The van der Waals surface area contributed by atoms with Gasteiger partial charge >= 0.3 is 0 Å². The van der Waals surface area contributed by atoms with E-state index in [1.165, 1.54) is 5.01 Å². The minimum Gasteiger partial charge on any atom is -0.204 e. The van der Waals surface area contributed by atoms with Crippen LogP contribution in [-0.2, 0) is 0 Å². The minimum atomic E-state index is 0.537. The summed E-state index contributed by atoms with van der Waals surface area (Å²) < 4.78 is 1.68. The second-order valence-corrected chi connectivity index (χ2v) is 3.23. The first kappa shape index (κ1) is 6.55. The zero-order valence-corrected chi connectivity index (χ0v) is 6.48. The van der Waals surface area contributed by atoms with Crippen molar-refractivity contribution in [2.75, 3.05) is 5.84 Å². The van der Waals surface area contributed by atoms with Crippen molar-refractivity contribution in [1.29, 1.82) is 0 Å². The molecule has 2 N–H and O–H groups in total. The molecule has 0 saturated heterocycles. The number of rotatable bonds is 1. The zero-order valence-electron chi connectivity index (χ0n) is 5.66. The van der Waals surface area contributed by atoms with Crippen LogP contribution in [0.4, 0.5) is 0 Å². The molecular formula is C6H11N2S+. The molecule has 0 aromatic carbocycles. The molecule has 1 heterocycles. The Morgan fingerprint density at radius 2 is 2.33 bits per heavy atom. The lowest BCUT2D eigenvalue weighted by Crippen LogP contribution is -2.45. The van der Waals surface area contributed by atoms with Crippen LogP contribution in [0.3, 0.4) is 0 Å². The smallest absolute Gasteiger partial charge is 0.204 e. The topological polar surface area (TPSA) is 29.9 Å². The number of nitrogens with two attached hydrogens (primary N) is 1. The van der Waals surface area contributed by atoms with Gasteiger partial charge in [0.25, 0.3) is 5.01 Å². The normalized spacial score (nSPS) is 10.6. The Morgan fingerprint density at radius 3 is 2.56 bits per heavy atom. The molecule has 0 unspecified atom stereocenters. The van der Waals surface area contributed by atoms with Crippen LogP contribution in [0, 0.1) is 0 Å². The van der Waals surface area contributed by atoms with Gasteiger partial charge in [-0.1, -0.05) is 29.9 Å². The van der Waals surface area contributed by atoms with Crippen molar-refractivity contribution in [3.05, 3.63) is 16.6 Å². The van der Waals surface area contributed by atoms with Crippen LogP contribution in [0.5, 0.6) is 0 Å². The van der Waals surface area contributed by atoms with Crippen LogP contribution in [0.1, 0.15) is 24.8 Å². The molecule has 0 saturated carbocycles. The standard InChI is InChI=1S/C6H11N2S/c1-5(2)6-8(7)3-4-9-6/h3-5H,7H2,1-2H3/q+1. The summed E-state index contributed by atoms with van der Waals surface area (Å²) in [4.78, 5) is 0. The average molecular weight is 143 g/mol. The van der Waals surface area contributed by atoms with Gasteiger partial charge in [0.15, 0.2) is 0 Å². The minimum absolute atomic E-state index is 0.537. The van der Waals surface area contributed by atoms with E-state index in [-0.39, 0.29) is 0 Å². The Kier molecular flexibility index (Phi) is 1.71. The molecule has 0 radical (unpaired) electrons. The SMILES string of the molecule is CC(C)c1scc[n+]1N. The third kappa shape index (κ3) is 1.21. The molecule has 9 heavy (non-hydrogen) atoms. The van der Waals surface area contributed by atoms with E-state index in [4.69, 9.17) is 5.84 Å². The molecule has 1 aromatic heterocycles. The maximum Gasteiger partial charge on any atom is 0.268 e. The number of hydrogen-bond acceptors (Lipinski definition) is 2. The van der Waals surface area contributed by atoms with Gasteiger partial charge in [-0.2, -0.15) is 0 Å². The highest BCUT2D eigenvalue weighted by Gasteiger charge is 2.12. The molecule has 3 heteroatoms. The van der Waals surface area contributed by atoms with Crippen molar-refractivity contribution in [2.24, 2.45) is 0 Å². The Labute approximate surface area is 58.9 Å². The van der Waals surface area contributed by atoms with Crippen molar-refractivity contribution < 1.29 is 4.68 Å². The van der Waals surface area contributed by atoms with E-state index < -0.39 is 0 Å². The van der Waals surface area contributed by atoms with Crippen molar-refractivity contribution in [3.8, 4) is 0 Å². The molecule has 1 rings (SSSR count). The molecule has 0 aliphatic heterocycles. The lowest BCUT2D eigenvalue weighted by Gasteiger charge is -1.92. The van der Waals surface area contributed by atoms with Gasteiger partial charge in [0.2, 0.25) is 6.20 Å². The van der Waals surface area contributed by atoms with Gasteiger partial charge in [-0.05, 0) is 0 Å². The monoisotopic (exact) mass is 143 g/mol. The van der Waals surface area contributed by atoms with Gasteiger partial charge < -0.3 is 0 Å². The Balaban J connectivity index is 2.94. The van der Waals surface area contributed by atoms with E-state index in [1.54, 1.807) is 16.0 Å². The summed E-state index contributed by atoms with van der Waals surface area (Å²) >= 11 is 1.70. The first-order valence-corrected chi connectivity index (χ1v) is 3.84. The maximum absolute atomic E-state index is 5.57. The van der Waals surface area contributed by atoms with Crippen LogP contribution < -0.4 is 10.5 Å². The lowest BCUT2D eigenvalue weighted by atomic mass is 10.2. The van der Waals surface area contributed by atoms with E-state index in [1.807, 2.05) is 11.6 Å². The summed E-state index contributed by atoms with van der Waals surface area (Å²) in [5.74, 6) is 6.11. The number of nitrogens with zero attached hydrogens (tertiary/aromatic N) is 1. The van der Waals surface area contributed by atoms with E-state index in [0.717, 1.165) is 0 Å². The second kappa shape index (κ2) is 2.35. The van der Waals surface area contributed by atoms with E-state index in [2.05, 4.69) is 13.8 Å². The van der Waals surface area contributed by atoms with E-state index >= 15 is 0 Å². The lowest BCUT2D eigenvalue weighted by molar-refractivity contribution is -0.642. The largest absolute Gasteiger partial charge is 0.268 e. The molecule has 0 amide bonds. The molecule has 0 spiro atoms. The first-order valence-electron chi connectivity index (χ1n) is 2.96. The molecule has 2 nitrogen and oxygen atoms in total. The van der Waals surface area contributed by atoms with Gasteiger partial charge in [0.1, 0.15) is 0 Å². The Bertz CT molecular complexity index is 193. The van der Waals surface area contributed by atoms with Gasteiger partial charge in [-0.3, -0.25) is 0 Å². The molecule has 50 valence electrons. The van der Waals surface area contributed by atoms with Gasteiger partial charge in [-0.15, -0.1) is 0 Å². The average Bonchev–Trinajstić information content (AvgIpc) is 2.13. The predicted molar refractivity (Wildman–Crippen MR) is 38.8 cm³/mol. The fourth-order valence-corrected chi connectivity index (χ4v) is 1.52. The Morgan fingerprint density at radius 1 is 1.67 bits per heavy atom. The Hall–Kier alpha value is -0.570. The van der Waals surface area contributed by atoms with Crippen LogP contribution in [-0.4, -0.2) is 0 Å². The van der Waals surface area contributed by atoms with Crippen molar-refractivity contribution in [2.45, 2.75) is 19.8 Å². The summed E-state index contributed by atoms with van der Waals surface area (Å²) in [6.07, 6.45) is 1.88. The molecule has 0 bridgehead atoms. The highest BCUT2D eigenvalue weighted by molar-refractivity contribution is 7.09. The van der Waals surface area contributed by atoms with Gasteiger partial charge in [0.05, 0.1) is 11.3 Å². The predicted octanol–water partition coefficient (Wildman–Crippen LogP) is 0.873. The molecule has 0 atom stereocenters. The molecule has 1 aromatic rings. The second-order valence-electron chi connectivity index (χ2n) is 2.30. The fraction of sp³-hybridized carbons (Fsp3) is 0.500. The number of aromatic nitrogens is 1. The molecule has 0 aliphatic rings. The van der Waals surface area contributed by atoms with Crippen LogP contribution >= 0.6 is 11.3 Å². The first-order chi connectivity index (χ1) is 4.22. The maximum atomic E-state index is 5.57. The van der Waals surface area contributed by atoms with Crippen LogP contribution in [0.25, 0.3) is 0 Å². The number of nitrogen functional groups attached to an aromatic ring is 1. The van der Waals surface area contributed by atoms with Gasteiger partial charge in [0, 0.05) is 0 Å². The highest BCUT2D eigenvalue weighted by atomic mass is 32.1. The third-order valence-corrected chi connectivity index (χ3v) is 2.34. The summed E-state index contributed by atoms with van der Waals surface area (Å²) in [6.45, 7) is 4.27. The summed E-state index contributed by atoms with van der Waals surface area (Å²) in [7, 11) is 0. The third-order valence-electron chi connectivity index (χ3n) is 1.16. The summed E-state index contributed by atoms with van der Waals surface area (Å²) in [6, 6.07) is 0. The number of thiazole rings is 1. The van der Waals surface area contributed by atoms with Crippen LogP contribution in [0.15, 0.2) is 11.6 Å². The molecular weight excluding hydrogens is 132 g/mol. The quantitative estimate of drug-likeness (QED) is 0.459. The van der Waals surface area contributed by atoms with Crippen molar-refractivity contribution >= 4 is 11.3 Å². The molecule has 0 fully saturated rings. The van der Waals surface area contributed by atoms with Gasteiger partial charge in [-0.25, -0.2) is 5.84 Å². The van der Waals surface area contributed by atoms with E-state index in [9.17, 15) is 0 Å². The summed E-state index contributed by atoms with van der Waals surface area (Å²) in [5, 5.41) is 3.21. The fourth-order valence-electron chi connectivity index (χ4n) is 0.734. The molecule has 0 aliphatic carbocycles. The summed E-state index contributed by atoms with van der Waals surface area (Å²) in [5.41, 5.74) is 0. The van der Waals surface area contributed by atoms with Crippen molar-refractivity contribution in [1.82, 2.24) is 0 Å². The highest BCUT2D eigenvalue weighted by Crippen LogP contribution is 2.12. The zero-order chi connectivity index (χ0) is 6.85. The van der Waals surface area contributed by atoms with Crippen LogP contribution in [0.2, 0.25) is 0 Å². The van der Waals surface area contributed by atoms with Crippen molar-refractivity contribution in [3.63, 3.8) is 0 Å². The van der Waals surface area contributed by atoms with E-state index in [0.29, 0.717) is 5.92 Å². The number of hydrogen-bond donors (Lipinski definition) is 1.